The van der Waals surface area contributed by atoms with Crippen LogP contribution in [-0.4, -0.2) is 87.2 Å². The molecule has 2 aliphatic rings. The largest absolute Gasteiger partial charge is 0.342 e. The van der Waals surface area contributed by atoms with E-state index in [-0.39, 0.29) is 5.91 Å². The minimum atomic E-state index is 0.209. The van der Waals surface area contributed by atoms with E-state index in [4.69, 9.17) is 0 Å². The van der Waals surface area contributed by atoms with Gasteiger partial charge in [-0.05, 0) is 12.3 Å². The quantitative estimate of drug-likeness (QED) is 0.791. The molecule has 23 heavy (non-hydrogen) atoms. The van der Waals surface area contributed by atoms with Gasteiger partial charge in [0, 0.05) is 58.8 Å². The van der Waals surface area contributed by atoms with Crippen molar-refractivity contribution < 1.29 is 4.79 Å². The van der Waals surface area contributed by atoms with Crippen LogP contribution in [0.3, 0.4) is 0 Å². The lowest BCUT2D eigenvalue weighted by Crippen LogP contribution is -2.43. The molecule has 128 valence electrons. The first-order chi connectivity index (χ1) is 11.1. The molecule has 7 heteroatoms. The van der Waals surface area contributed by atoms with Gasteiger partial charge in [0.2, 0.25) is 5.91 Å². The van der Waals surface area contributed by atoms with Crippen LogP contribution < -0.4 is 0 Å². The van der Waals surface area contributed by atoms with Crippen LogP contribution in [0, 0.1) is 5.92 Å². The lowest BCUT2D eigenvalue weighted by atomic mass is 10.0. The third-order valence-corrected chi connectivity index (χ3v) is 5.21. The van der Waals surface area contributed by atoms with Gasteiger partial charge < -0.3 is 4.90 Å². The van der Waals surface area contributed by atoms with Gasteiger partial charge in [-0.15, -0.1) is 0 Å². The van der Waals surface area contributed by atoms with Gasteiger partial charge in [-0.2, -0.15) is 5.10 Å². The molecule has 0 radical (unpaired) electrons. The molecule has 7 nitrogen and oxygen atoms in total. The minimum Gasteiger partial charge on any atom is -0.342 e. The smallest absolute Gasteiger partial charge is 0.219 e. The molecule has 1 aromatic rings. The Morgan fingerprint density at radius 1 is 1.17 bits per heavy atom. The summed E-state index contributed by atoms with van der Waals surface area (Å²) in [5, 5.41) is 4.17. The first-order valence-electron chi connectivity index (χ1n) is 8.68. The number of aromatic nitrogens is 3. The number of nitrogens with zero attached hydrogens (tertiary/aromatic N) is 6. The summed E-state index contributed by atoms with van der Waals surface area (Å²) in [4.78, 5) is 22.7. The number of likely N-dealkylation sites (tertiary alicyclic amines) is 1. The second-order valence-electron chi connectivity index (χ2n) is 6.86. The third-order valence-electron chi connectivity index (χ3n) is 5.21. The first-order valence-corrected chi connectivity index (χ1v) is 8.68. The molecule has 0 aliphatic carbocycles. The van der Waals surface area contributed by atoms with Crippen LogP contribution in [0.15, 0.2) is 12.7 Å². The molecule has 3 heterocycles. The van der Waals surface area contributed by atoms with Gasteiger partial charge in [0.25, 0.3) is 0 Å². The summed E-state index contributed by atoms with van der Waals surface area (Å²) in [6, 6.07) is 0.609. The molecule has 1 amide bonds. The highest BCUT2D eigenvalue weighted by atomic mass is 16.2. The maximum absolute atomic E-state index is 11.6. The maximum Gasteiger partial charge on any atom is 0.219 e. The normalized spacial score (nSPS) is 27.3. The zero-order valence-electron chi connectivity index (χ0n) is 14.3. The van der Waals surface area contributed by atoms with E-state index in [1.807, 2.05) is 9.58 Å². The van der Waals surface area contributed by atoms with Crippen molar-refractivity contribution in [1.82, 2.24) is 29.5 Å². The van der Waals surface area contributed by atoms with Gasteiger partial charge >= 0.3 is 0 Å². The SMILES string of the molecule is CC(=O)N1CCCN([C@@H]2CN(CCn3cncn3)C[C@@H]2C)CC1. The van der Waals surface area contributed by atoms with Crippen LogP contribution in [0.25, 0.3) is 0 Å². The van der Waals surface area contributed by atoms with Gasteiger partial charge in [0.05, 0.1) is 6.54 Å². The maximum atomic E-state index is 11.6. The molecule has 1 aromatic heterocycles. The van der Waals surface area contributed by atoms with Gasteiger partial charge in [0.15, 0.2) is 0 Å². The third kappa shape index (κ3) is 4.09. The standard InChI is InChI=1S/C16H28N6O/c1-14-10-19(6-9-22-13-17-12-18-22)11-16(14)21-5-3-4-20(7-8-21)15(2)23/h12-14,16H,3-11H2,1-2H3/t14-,16+/m0/s1. The Morgan fingerprint density at radius 2 is 2.04 bits per heavy atom. The topological polar surface area (TPSA) is 57.5 Å². The lowest BCUT2D eigenvalue weighted by molar-refractivity contribution is -0.128. The molecule has 2 saturated heterocycles. The van der Waals surface area contributed by atoms with Crippen molar-refractivity contribution in [2.75, 3.05) is 45.8 Å². The molecule has 0 aromatic carbocycles. The molecule has 2 aliphatic heterocycles. The number of carbonyl (C=O) groups is 1. The monoisotopic (exact) mass is 320 g/mol. The number of carbonyl (C=O) groups excluding carboxylic acids is 1. The second kappa shape index (κ2) is 7.40. The molecule has 3 rings (SSSR count). The predicted molar refractivity (Wildman–Crippen MR) is 87.9 cm³/mol. The summed E-state index contributed by atoms with van der Waals surface area (Å²) in [7, 11) is 0. The van der Waals surface area contributed by atoms with Crippen molar-refractivity contribution in [1.29, 1.82) is 0 Å². The van der Waals surface area contributed by atoms with Crippen LogP contribution in [0.5, 0.6) is 0 Å². The number of rotatable bonds is 4. The van der Waals surface area contributed by atoms with Gasteiger partial charge in [0.1, 0.15) is 12.7 Å². The lowest BCUT2D eigenvalue weighted by Gasteiger charge is -2.30. The molecular formula is C16H28N6O. The summed E-state index contributed by atoms with van der Waals surface area (Å²) >= 11 is 0. The van der Waals surface area contributed by atoms with Crippen LogP contribution in [0.1, 0.15) is 20.3 Å². The van der Waals surface area contributed by atoms with Gasteiger partial charge in [-0.3, -0.25) is 19.3 Å². The summed E-state index contributed by atoms with van der Waals surface area (Å²) < 4.78 is 1.90. The fraction of sp³-hybridized carbons (Fsp3) is 0.812. The van der Waals surface area contributed by atoms with Gasteiger partial charge in [-0.25, -0.2) is 4.98 Å². The number of amides is 1. The van der Waals surface area contributed by atoms with Crippen molar-refractivity contribution in [2.24, 2.45) is 5.92 Å². The van der Waals surface area contributed by atoms with Crippen molar-refractivity contribution in [3.63, 3.8) is 0 Å². The second-order valence-corrected chi connectivity index (χ2v) is 6.86. The Balaban J connectivity index is 1.51. The Hall–Kier alpha value is -1.47. The van der Waals surface area contributed by atoms with E-state index in [0.29, 0.717) is 12.0 Å². The molecule has 0 unspecified atom stereocenters. The highest BCUT2D eigenvalue weighted by Gasteiger charge is 2.34. The highest BCUT2D eigenvalue weighted by Crippen LogP contribution is 2.23. The molecule has 0 spiro atoms. The summed E-state index contributed by atoms with van der Waals surface area (Å²) in [5.74, 6) is 0.885. The molecular weight excluding hydrogens is 292 g/mol. The van der Waals surface area contributed by atoms with Crippen LogP contribution >= 0.6 is 0 Å². The highest BCUT2D eigenvalue weighted by molar-refractivity contribution is 5.73. The Bertz CT molecular complexity index is 505. The van der Waals surface area contributed by atoms with Crippen molar-refractivity contribution in [3.8, 4) is 0 Å². The van der Waals surface area contributed by atoms with E-state index in [1.54, 1.807) is 19.6 Å². The van der Waals surface area contributed by atoms with Crippen LogP contribution in [0.2, 0.25) is 0 Å². The van der Waals surface area contributed by atoms with E-state index < -0.39 is 0 Å². The Labute approximate surface area is 138 Å². The fourth-order valence-electron chi connectivity index (χ4n) is 3.88. The average molecular weight is 320 g/mol. The van der Waals surface area contributed by atoms with Crippen LogP contribution in [0.4, 0.5) is 0 Å². The zero-order chi connectivity index (χ0) is 16.2. The van der Waals surface area contributed by atoms with E-state index in [1.165, 1.54) is 0 Å². The Kier molecular flexibility index (Phi) is 5.27. The summed E-state index contributed by atoms with van der Waals surface area (Å²) in [6.07, 6.45) is 4.46. The van der Waals surface area contributed by atoms with E-state index in [0.717, 1.165) is 58.8 Å². The summed E-state index contributed by atoms with van der Waals surface area (Å²) in [6.45, 7) is 12.1. The Morgan fingerprint density at radius 3 is 2.78 bits per heavy atom. The number of hydrogen-bond acceptors (Lipinski definition) is 5. The summed E-state index contributed by atoms with van der Waals surface area (Å²) in [5.41, 5.74) is 0. The number of hydrogen-bond donors (Lipinski definition) is 0. The molecule has 2 fully saturated rings. The average Bonchev–Trinajstić information content (AvgIpc) is 3.09. The van der Waals surface area contributed by atoms with Crippen LogP contribution in [-0.2, 0) is 11.3 Å². The first kappa shape index (κ1) is 16.4. The predicted octanol–water partition coefficient (Wildman–Crippen LogP) is 0.153. The van der Waals surface area contributed by atoms with Crippen molar-refractivity contribution in [2.45, 2.75) is 32.9 Å². The minimum absolute atomic E-state index is 0.209. The van der Waals surface area contributed by atoms with Crippen molar-refractivity contribution in [3.05, 3.63) is 12.7 Å². The zero-order valence-corrected chi connectivity index (χ0v) is 14.3. The van der Waals surface area contributed by atoms with Gasteiger partial charge in [-0.1, -0.05) is 6.92 Å². The van der Waals surface area contributed by atoms with E-state index >= 15 is 0 Å². The fourth-order valence-corrected chi connectivity index (χ4v) is 3.88. The molecule has 0 N–H and O–H groups in total. The molecule has 0 bridgehead atoms. The molecule has 0 saturated carbocycles. The van der Waals surface area contributed by atoms with E-state index in [9.17, 15) is 4.79 Å². The van der Waals surface area contributed by atoms with E-state index in [2.05, 4.69) is 26.8 Å². The molecule has 2 atom stereocenters. The van der Waals surface area contributed by atoms with Crippen molar-refractivity contribution >= 4 is 5.91 Å².